The lowest BCUT2D eigenvalue weighted by Gasteiger charge is -2.32. The van der Waals surface area contributed by atoms with E-state index in [0.717, 1.165) is 94.1 Å². The van der Waals surface area contributed by atoms with Crippen molar-refractivity contribution in [3.63, 3.8) is 0 Å². The maximum absolute atomic E-state index is 6.20. The first-order chi connectivity index (χ1) is 31.7. The van der Waals surface area contributed by atoms with E-state index in [0.29, 0.717) is 5.96 Å². The van der Waals surface area contributed by atoms with Gasteiger partial charge in [-0.05, 0) is 64.2 Å². The summed E-state index contributed by atoms with van der Waals surface area (Å²) in [5.74, 6) is 1.49. The van der Waals surface area contributed by atoms with E-state index in [2.05, 4.69) is 215 Å². The van der Waals surface area contributed by atoms with Crippen LogP contribution < -0.4 is 0 Å². The van der Waals surface area contributed by atoms with Crippen LogP contribution in [0.25, 0.3) is 93.5 Å². The smallest absolute Gasteiger partial charge is 0.234 e. The van der Waals surface area contributed by atoms with Crippen LogP contribution in [0.15, 0.2) is 227 Å². The lowest BCUT2D eigenvalue weighted by atomic mass is 9.96. The van der Waals surface area contributed by atoms with Gasteiger partial charge in [-0.1, -0.05) is 176 Å². The van der Waals surface area contributed by atoms with Crippen molar-refractivity contribution in [2.75, 3.05) is 7.05 Å². The molecule has 0 amide bonds. The summed E-state index contributed by atoms with van der Waals surface area (Å²) in [4.78, 5) is 13.3. The van der Waals surface area contributed by atoms with E-state index in [-0.39, 0.29) is 6.17 Å². The zero-order valence-electron chi connectivity index (χ0n) is 34.9. The van der Waals surface area contributed by atoms with Crippen LogP contribution in [-0.2, 0) is 0 Å². The van der Waals surface area contributed by atoms with Gasteiger partial charge in [-0.15, -0.1) is 0 Å². The predicted octanol–water partition coefficient (Wildman–Crippen LogP) is 14.4. The van der Waals surface area contributed by atoms with Gasteiger partial charge in [-0.2, -0.15) is 4.99 Å². The SMILES string of the molecule is CN1C(c2ccc(-c3ccc(-c4cccc5oc6ccccc6c45)cc3)cc2)=NC(n2c3ccccc3c3ccc4c5ccccc5n(-c5ccccc5)c4c32)=NC1c1ccccc1. The van der Waals surface area contributed by atoms with Crippen LogP contribution in [-0.4, -0.2) is 32.9 Å². The minimum atomic E-state index is -0.317. The summed E-state index contributed by atoms with van der Waals surface area (Å²) in [5, 5.41) is 6.98. The van der Waals surface area contributed by atoms with E-state index in [1.54, 1.807) is 0 Å². The van der Waals surface area contributed by atoms with E-state index in [9.17, 15) is 0 Å². The second kappa shape index (κ2) is 14.3. The number of para-hydroxylation sites is 4. The molecule has 1 aliphatic rings. The largest absolute Gasteiger partial charge is 0.456 e. The Hall–Kier alpha value is -8.48. The van der Waals surface area contributed by atoms with Crippen LogP contribution in [0.4, 0.5) is 0 Å². The Morgan fingerprint density at radius 3 is 1.64 bits per heavy atom. The summed E-state index contributed by atoms with van der Waals surface area (Å²) in [6, 6.07) is 75.3. The van der Waals surface area contributed by atoms with Gasteiger partial charge in [0.05, 0.1) is 22.1 Å². The Balaban J connectivity index is 0.962. The minimum absolute atomic E-state index is 0.317. The Labute approximate surface area is 368 Å². The molecule has 1 unspecified atom stereocenters. The average molecular weight is 822 g/mol. The Bertz CT molecular complexity index is 3840. The van der Waals surface area contributed by atoms with E-state index in [1.807, 2.05) is 18.2 Å². The van der Waals surface area contributed by atoms with Crippen LogP contribution in [0.1, 0.15) is 17.3 Å². The van der Waals surface area contributed by atoms with Crippen molar-refractivity contribution in [1.29, 1.82) is 0 Å². The fraction of sp³-hybridized carbons (Fsp3) is 0.0345. The summed E-state index contributed by atoms with van der Waals surface area (Å²) in [6.07, 6.45) is -0.317. The van der Waals surface area contributed by atoms with E-state index in [4.69, 9.17) is 14.4 Å². The molecule has 12 aromatic rings. The molecule has 6 heteroatoms. The van der Waals surface area contributed by atoms with Crippen LogP contribution in [0.5, 0.6) is 0 Å². The topological polar surface area (TPSA) is 51.0 Å². The number of nitrogens with zero attached hydrogens (tertiary/aromatic N) is 5. The fourth-order valence-corrected chi connectivity index (χ4v) is 10.0. The number of hydrogen-bond acceptors (Lipinski definition) is 4. The molecule has 0 N–H and O–H groups in total. The molecule has 0 fully saturated rings. The van der Waals surface area contributed by atoms with Crippen LogP contribution >= 0.6 is 0 Å². The summed E-state index contributed by atoms with van der Waals surface area (Å²) in [6.45, 7) is 0. The van der Waals surface area contributed by atoms with E-state index < -0.39 is 0 Å². The van der Waals surface area contributed by atoms with Gasteiger partial charge in [-0.3, -0.25) is 4.57 Å². The van der Waals surface area contributed by atoms with Crippen molar-refractivity contribution < 1.29 is 4.42 Å². The van der Waals surface area contributed by atoms with Crippen LogP contribution in [0, 0.1) is 0 Å². The third-order valence-corrected chi connectivity index (χ3v) is 13.0. The van der Waals surface area contributed by atoms with Crippen molar-refractivity contribution in [3.8, 4) is 27.9 Å². The number of aromatic nitrogens is 2. The number of amidine groups is 1. The molecule has 0 bridgehead atoms. The molecule has 0 spiro atoms. The van der Waals surface area contributed by atoms with E-state index >= 15 is 0 Å². The molecular weight excluding hydrogens is 783 g/mol. The van der Waals surface area contributed by atoms with E-state index in [1.165, 1.54) is 16.3 Å². The molecule has 6 nitrogen and oxygen atoms in total. The number of fused-ring (bicyclic) bond motifs is 10. The van der Waals surface area contributed by atoms with Gasteiger partial charge in [0, 0.05) is 50.6 Å². The van der Waals surface area contributed by atoms with Gasteiger partial charge in [0.1, 0.15) is 17.0 Å². The molecule has 0 saturated heterocycles. The molecule has 302 valence electrons. The maximum Gasteiger partial charge on any atom is 0.234 e. The standard InChI is InChI=1S/C58H39N5O/c1-61-56(40-15-4-2-5-16-40)59-58(63-50-24-12-9-20-45(50)47-36-35-46-44-19-8-11-23-49(44)62(54(46)55(47)63)42-17-6-3-7-18-42)60-57(61)41-33-29-38(30-34-41)37-27-31-39(32-28-37)43-22-14-26-52-53(43)48-21-10-13-25-51(48)64-52/h2-36,56H,1H3. The van der Waals surface area contributed by atoms with Crippen molar-refractivity contribution >= 4 is 77.3 Å². The minimum Gasteiger partial charge on any atom is -0.456 e. The number of furan rings is 1. The molecule has 64 heavy (non-hydrogen) atoms. The first-order valence-electron chi connectivity index (χ1n) is 21.7. The van der Waals surface area contributed by atoms with Crippen molar-refractivity contribution in [3.05, 3.63) is 223 Å². The number of aliphatic imine (C=N–C) groups is 2. The molecule has 13 rings (SSSR count). The molecule has 9 aromatic carbocycles. The molecule has 0 aliphatic carbocycles. The van der Waals surface area contributed by atoms with Crippen LogP contribution in [0.2, 0.25) is 0 Å². The molecule has 3 aromatic heterocycles. The first-order valence-corrected chi connectivity index (χ1v) is 21.7. The molecule has 1 aliphatic heterocycles. The average Bonchev–Trinajstić information content (AvgIpc) is 4.03. The Kier molecular flexibility index (Phi) is 8.09. The molecule has 4 heterocycles. The Morgan fingerprint density at radius 1 is 0.422 bits per heavy atom. The highest BCUT2D eigenvalue weighted by Crippen LogP contribution is 2.42. The zero-order valence-corrected chi connectivity index (χ0v) is 34.9. The summed E-state index contributed by atoms with van der Waals surface area (Å²) in [7, 11) is 2.10. The second-order valence-electron chi connectivity index (χ2n) is 16.6. The number of hydrogen-bond donors (Lipinski definition) is 0. The number of rotatable bonds is 5. The quantitative estimate of drug-likeness (QED) is 0.174. The molecule has 1 atom stereocenters. The van der Waals surface area contributed by atoms with Crippen molar-refractivity contribution in [1.82, 2.24) is 14.0 Å². The zero-order chi connectivity index (χ0) is 42.3. The van der Waals surface area contributed by atoms with Gasteiger partial charge in [0.2, 0.25) is 5.96 Å². The fourth-order valence-electron chi connectivity index (χ4n) is 10.0. The first kappa shape index (κ1) is 36.2. The van der Waals surface area contributed by atoms with Crippen molar-refractivity contribution in [2.45, 2.75) is 6.17 Å². The Morgan fingerprint density at radius 2 is 0.953 bits per heavy atom. The molecule has 0 saturated carbocycles. The summed E-state index contributed by atoms with van der Waals surface area (Å²) >= 11 is 0. The lowest BCUT2D eigenvalue weighted by molar-refractivity contribution is 0.381. The monoisotopic (exact) mass is 821 g/mol. The maximum atomic E-state index is 6.20. The number of benzene rings is 9. The third kappa shape index (κ3) is 5.52. The highest BCUT2D eigenvalue weighted by Gasteiger charge is 2.30. The van der Waals surface area contributed by atoms with Gasteiger partial charge >= 0.3 is 0 Å². The highest BCUT2D eigenvalue weighted by molar-refractivity contribution is 6.26. The van der Waals surface area contributed by atoms with Gasteiger partial charge in [0.15, 0.2) is 6.17 Å². The highest BCUT2D eigenvalue weighted by atomic mass is 16.3. The summed E-state index contributed by atoms with van der Waals surface area (Å²) < 4.78 is 10.9. The van der Waals surface area contributed by atoms with Crippen molar-refractivity contribution in [2.24, 2.45) is 9.98 Å². The van der Waals surface area contributed by atoms with Crippen LogP contribution in [0.3, 0.4) is 0 Å². The summed E-state index contributed by atoms with van der Waals surface area (Å²) in [5.41, 5.74) is 14.0. The second-order valence-corrected chi connectivity index (χ2v) is 16.6. The normalized spacial score (nSPS) is 14.3. The predicted molar refractivity (Wildman–Crippen MR) is 265 cm³/mol. The molecular formula is C58H39N5O. The third-order valence-electron chi connectivity index (χ3n) is 13.0. The van der Waals surface area contributed by atoms with Gasteiger partial charge in [0.25, 0.3) is 0 Å². The molecule has 0 radical (unpaired) electrons. The van der Waals surface area contributed by atoms with Gasteiger partial charge < -0.3 is 13.9 Å². The lowest BCUT2D eigenvalue weighted by Crippen LogP contribution is -2.36. The van der Waals surface area contributed by atoms with Gasteiger partial charge in [-0.25, -0.2) is 4.99 Å².